The number of carbonyl (C=O) groups is 2. The lowest BCUT2D eigenvalue weighted by molar-refractivity contribution is -0.142. The third kappa shape index (κ3) is 2.62. The molecular formula is C15H14N2O3S. The minimum atomic E-state index is -1.00. The Kier molecular flexibility index (Phi) is 3.62. The first kappa shape index (κ1) is 13.6. The minimum Gasteiger partial charge on any atom is -0.479 e. The van der Waals surface area contributed by atoms with Crippen molar-refractivity contribution < 1.29 is 14.7 Å². The van der Waals surface area contributed by atoms with Gasteiger partial charge in [-0.15, -0.1) is 11.3 Å². The SMILES string of the molecule is O=C(O)C1c2ccsc2CCN1C(=O)Nc1ccccc1. The Morgan fingerprint density at radius 2 is 2.00 bits per heavy atom. The number of anilines is 1. The molecule has 6 heteroatoms. The minimum absolute atomic E-state index is 0.384. The summed E-state index contributed by atoms with van der Waals surface area (Å²) in [5.41, 5.74) is 1.38. The molecule has 2 aromatic rings. The van der Waals surface area contributed by atoms with Crippen LogP contribution in [0.1, 0.15) is 16.5 Å². The van der Waals surface area contributed by atoms with Crippen molar-refractivity contribution in [2.24, 2.45) is 0 Å². The number of carboxylic acid groups (broad SMARTS) is 1. The number of hydrogen-bond donors (Lipinski definition) is 2. The summed E-state index contributed by atoms with van der Waals surface area (Å²) in [6.07, 6.45) is 0.693. The van der Waals surface area contributed by atoms with Gasteiger partial charge in [0.15, 0.2) is 6.04 Å². The van der Waals surface area contributed by atoms with Crippen LogP contribution in [0.15, 0.2) is 41.8 Å². The van der Waals surface area contributed by atoms with Gasteiger partial charge in [0.1, 0.15) is 0 Å². The zero-order valence-electron chi connectivity index (χ0n) is 11.2. The van der Waals surface area contributed by atoms with Gasteiger partial charge in [0.05, 0.1) is 0 Å². The summed E-state index contributed by atoms with van der Waals surface area (Å²) < 4.78 is 0. The molecule has 0 saturated heterocycles. The molecule has 0 saturated carbocycles. The number of amides is 2. The molecule has 0 spiro atoms. The fourth-order valence-electron chi connectivity index (χ4n) is 2.52. The van der Waals surface area contributed by atoms with Crippen LogP contribution in [-0.4, -0.2) is 28.6 Å². The second-order valence-corrected chi connectivity index (χ2v) is 5.78. The number of aliphatic carboxylic acids is 1. The van der Waals surface area contributed by atoms with Crippen molar-refractivity contribution in [3.63, 3.8) is 0 Å². The third-order valence-electron chi connectivity index (χ3n) is 3.49. The monoisotopic (exact) mass is 302 g/mol. The lowest BCUT2D eigenvalue weighted by Gasteiger charge is -2.33. The number of rotatable bonds is 2. The van der Waals surface area contributed by atoms with Gasteiger partial charge in [-0.2, -0.15) is 0 Å². The van der Waals surface area contributed by atoms with Crippen molar-refractivity contribution >= 4 is 29.0 Å². The zero-order chi connectivity index (χ0) is 14.8. The van der Waals surface area contributed by atoms with E-state index < -0.39 is 12.0 Å². The lowest BCUT2D eigenvalue weighted by atomic mass is 10.0. The topological polar surface area (TPSA) is 69.6 Å². The van der Waals surface area contributed by atoms with E-state index in [4.69, 9.17) is 0 Å². The van der Waals surface area contributed by atoms with E-state index in [1.165, 1.54) is 4.90 Å². The maximum atomic E-state index is 12.4. The van der Waals surface area contributed by atoms with E-state index in [1.54, 1.807) is 29.5 Å². The van der Waals surface area contributed by atoms with Crippen molar-refractivity contribution in [2.45, 2.75) is 12.5 Å². The number of urea groups is 1. The highest BCUT2D eigenvalue weighted by Gasteiger charge is 2.36. The van der Waals surface area contributed by atoms with Crippen molar-refractivity contribution in [1.29, 1.82) is 0 Å². The normalized spacial score (nSPS) is 17.1. The van der Waals surface area contributed by atoms with Crippen LogP contribution in [-0.2, 0) is 11.2 Å². The van der Waals surface area contributed by atoms with Gasteiger partial charge in [-0.25, -0.2) is 9.59 Å². The Hall–Kier alpha value is -2.34. The summed E-state index contributed by atoms with van der Waals surface area (Å²) in [6.45, 7) is 0.406. The quantitative estimate of drug-likeness (QED) is 0.896. The summed E-state index contributed by atoms with van der Waals surface area (Å²) in [5, 5.41) is 14.1. The highest BCUT2D eigenvalue weighted by Crippen LogP contribution is 2.33. The van der Waals surface area contributed by atoms with Crippen LogP contribution in [0.5, 0.6) is 0 Å². The smallest absolute Gasteiger partial charge is 0.331 e. The average molecular weight is 302 g/mol. The second kappa shape index (κ2) is 5.57. The highest BCUT2D eigenvalue weighted by molar-refractivity contribution is 7.10. The predicted octanol–water partition coefficient (Wildman–Crippen LogP) is 2.96. The molecular weight excluding hydrogens is 288 g/mol. The molecule has 108 valence electrons. The Morgan fingerprint density at radius 1 is 1.24 bits per heavy atom. The Bertz CT molecular complexity index is 669. The van der Waals surface area contributed by atoms with Gasteiger partial charge in [-0.1, -0.05) is 18.2 Å². The van der Waals surface area contributed by atoms with Gasteiger partial charge < -0.3 is 15.3 Å². The summed E-state index contributed by atoms with van der Waals surface area (Å²) >= 11 is 1.54. The molecule has 5 nitrogen and oxygen atoms in total. The van der Waals surface area contributed by atoms with Crippen LogP contribution in [0, 0.1) is 0 Å². The Balaban J connectivity index is 1.84. The summed E-state index contributed by atoms with van der Waals surface area (Å²) in [7, 11) is 0. The molecule has 1 aliphatic rings. The van der Waals surface area contributed by atoms with Crippen LogP contribution in [0.2, 0.25) is 0 Å². The maximum absolute atomic E-state index is 12.4. The molecule has 3 rings (SSSR count). The van der Waals surface area contributed by atoms with E-state index in [2.05, 4.69) is 5.32 Å². The molecule has 1 atom stereocenters. The number of carboxylic acids is 1. The molecule has 0 aliphatic carbocycles. The lowest BCUT2D eigenvalue weighted by Crippen LogP contribution is -2.45. The van der Waals surface area contributed by atoms with E-state index in [0.29, 0.717) is 18.7 Å². The second-order valence-electron chi connectivity index (χ2n) is 4.78. The van der Waals surface area contributed by atoms with Crippen LogP contribution < -0.4 is 5.32 Å². The molecule has 1 aromatic heterocycles. The molecule has 1 aromatic carbocycles. The zero-order valence-corrected chi connectivity index (χ0v) is 12.0. The molecule has 2 heterocycles. The van der Waals surface area contributed by atoms with Crippen LogP contribution >= 0.6 is 11.3 Å². The molecule has 2 N–H and O–H groups in total. The predicted molar refractivity (Wildman–Crippen MR) is 80.6 cm³/mol. The summed E-state index contributed by atoms with van der Waals surface area (Å²) in [5.74, 6) is -1.00. The largest absolute Gasteiger partial charge is 0.479 e. The van der Waals surface area contributed by atoms with Gasteiger partial charge in [-0.3, -0.25) is 0 Å². The first-order chi connectivity index (χ1) is 10.2. The summed E-state index contributed by atoms with van der Waals surface area (Å²) in [6, 6.07) is 9.53. The number of nitrogens with zero attached hydrogens (tertiary/aromatic N) is 1. The number of fused-ring (bicyclic) bond motifs is 1. The molecule has 1 aliphatic heterocycles. The molecule has 1 unspecified atom stereocenters. The third-order valence-corrected chi connectivity index (χ3v) is 4.48. The van der Waals surface area contributed by atoms with Gasteiger partial charge in [-0.05, 0) is 35.6 Å². The first-order valence-corrected chi connectivity index (χ1v) is 7.46. The number of carbonyl (C=O) groups excluding carboxylic acids is 1. The van der Waals surface area contributed by atoms with Crippen LogP contribution in [0.4, 0.5) is 10.5 Å². The van der Waals surface area contributed by atoms with Crippen LogP contribution in [0.3, 0.4) is 0 Å². The van der Waals surface area contributed by atoms with Crippen molar-refractivity contribution in [3.8, 4) is 0 Å². The highest BCUT2D eigenvalue weighted by atomic mass is 32.1. The summed E-state index contributed by atoms with van der Waals surface area (Å²) in [4.78, 5) is 26.4. The number of thiophene rings is 1. The molecule has 0 fully saturated rings. The number of para-hydroxylation sites is 1. The van der Waals surface area contributed by atoms with E-state index in [1.807, 2.05) is 23.6 Å². The fraction of sp³-hybridized carbons (Fsp3) is 0.200. The van der Waals surface area contributed by atoms with Gasteiger partial charge >= 0.3 is 12.0 Å². The van der Waals surface area contributed by atoms with Gasteiger partial charge in [0.2, 0.25) is 0 Å². The average Bonchev–Trinajstić information content (AvgIpc) is 2.95. The molecule has 0 radical (unpaired) electrons. The number of hydrogen-bond acceptors (Lipinski definition) is 3. The van der Waals surface area contributed by atoms with E-state index in [9.17, 15) is 14.7 Å². The van der Waals surface area contributed by atoms with Crippen molar-refractivity contribution in [3.05, 3.63) is 52.2 Å². The molecule has 0 bridgehead atoms. The Labute approximate surface area is 125 Å². The van der Waals surface area contributed by atoms with E-state index >= 15 is 0 Å². The van der Waals surface area contributed by atoms with Crippen molar-refractivity contribution in [2.75, 3.05) is 11.9 Å². The number of benzene rings is 1. The van der Waals surface area contributed by atoms with E-state index in [-0.39, 0.29) is 6.03 Å². The van der Waals surface area contributed by atoms with Crippen molar-refractivity contribution in [1.82, 2.24) is 4.90 Å². The van der Waals surface area contributed by atoms with E-state index in [0.717, 1.165) is 10.4 Å². The van der Waals surface area contributed by atoms with Crippen LogP contribution in [0.25, 0.3) is 0 Å². The maximum Gasteiger partial charge on any atom is 0.331 e. The van der Waals surface area contributed by atoms with Gasteiger partial charge in [0.25, 0.3) is 0 Å². The fourth-order valence-corrected chi connectivity index (χ4v) is 3.42. The first-order valence-electron chi connectivity index (χ1n) is 6.58. The number of nitrogens with one attached hydrogen (secondary N) is 1. The Morgan fingerprint density at radius 3 is 2.71 bits per heavy atom. The molecule has 21 heavy (non-hydrogen) atoms. The molecule has 2 amide bonds. The standard InChI is InChI=1S/C15H14N2O3S/c18-14(19)13-11-7-9-21-12(11)6-8-17(13)15(20)16-10-4-2-1-3-5-10/h1-5,7,9,13H,6,8H2,(H,16,20)(H,18,19). The van der Waals surface area contributed by atoms with Gasteiger partial charge in [0, 0.05) is 17.1 Å².